The molecule has 1 aliphatic heterocycles. The van der Waals surface area contributed by atoms with Gasteiger partial charge in [-0.15, -0.1) is 0 Å². The van der Waals surface area contributed by atoms with Crippen molar-refractivity contribution in [3.63, 3.8) is 0 Å². The molecule has 0 aliphatic carbocycles. The molecule has 1 saturated heterocycles. The van der Waals surface area contributed by atoms with Gasteiger partial charge in [0, 0.05) is 20.2 Å². The number of hydrogen-bond donors (Lipinski definition) is 1. The summed E-state index contributed by atoms with van der Waals surface area (Å²) in [6.45, 7) is 2.93. The average molecular weight is 203 g/mol. The molecule has 1 N–H and O–H groups in total. The average Bonchev–Trinajstić information content (AvgIpc) is 2.17. The maximum atomic E-state index is 11.5. The third-order valence-electron chi connectivity index (χ3n) is 2.15. The highest BCUT2D eigenvalue weighted by molar-refractivity contribution is 5.77. The van der Waals surface area contributed by atoms with E-state index in [4.69, 9.17) is 14.6 Å². The molecule has 1 fully saturated rings. The van der Waals surface area contributed by atoms with Crippen molar-refractivity contribution in [2.24, 2.45) is 0 Å². The van der Waals surface area contributed by atoms with Gasteiger partial charge in [-0.25, -0.2) is 0 Å². The largest absolute Gasteiger partial charge is 0.394 e. The standard InChI is InChI=1S/C9H17NO4/c1-7-3-10(9(12)6-13-2)4-8(5-11)14-7/h7-8,11H,3-6H2,1-2H3. The number of rotatable bonds is 3. The Labute approximate surface area is 83.6 Å². The van der Waals surface area contributed by atoms with Crippen LogP contribution in [0.4, 0.5) is 0 Å². The van der Waals surface area contributed by atoms with Crippen LogP contribution in [0.1, 0.15) is 6.92 Å². The number of aliphatic hydroxyl groups is 1. The van der Waals surface area contributed by atoms with Crippen LogP contribution in [0.25, 0.3) is 0 Å². The zero-order valence-electron chi connectivity index (χ0n) is 8.60. The lowest BCUT2D eigenvalue weighted by molar-refractivity contribution is -0.150. The van der Waals surface area contributed by atoms with Crippen molar-refractivity contribution >= 4 is 5.91 Å². The van der Waals surface area contributed by atoms with Crippen LogP contribution in [0, 0.1) is 0 Å². The van der Waals surface area contributed by atoms with Crippen LogP contribution in [-0.4, -0.2) is 61.5 Å². The predicted octanol–water partition coefficient (Wildman–Crippen LogP) is -0.759. The maximum absolute atomic E-state index is 11.5. The molecule has 2 atom stereocenters. The second-order valence-electron chi connectivity index (χ2n) is 3.48. The van der Waals surface area contributed by atoms with E-state index in [1.165, 1.54) is 7.11 Å². The molecule has 2 unspecified atom stereocenters. The molecule has 0 aromatic heterocycles. The van der Waals surface area contributed by atoms with Gasteiger partial charge in [0.15, 0.2) is 0 Å². The minimum absolute atomic E-state index is 0.0262. The molecule has 1 aliphatic rings. The Kier molecular flexibility index (Phi) is 4.31. The molecule has 82 valence electrons. The van der Waals surface area contributed by atoms with Crippen molar-refractivity contribution in [2.45, 2.75) is 19.1 Å². The summed E-state index contributed by atoms with van der Waals surface area (Å²) in [4.78, 5) is 13.1. The van der Waals surface area contributed by atoms with Crippen LogP contribution < -0.4 is 0 Å². The minimum atomic E-state index is -0.264. The number of hydrogen-bond acceptors (Lipinski definition) is 4. The van der Waals surface area contributed by atoms with Gasteiger partial charge in [-0.3, -0.25) is 4.79 Å². The van der Waals surface area contributed by atoms with E-state index in [0.717, 1.165) is 0 Å². The highest BCUT2D eigenvalue weighted by atomic mass is 16.5. The summed E-state index contributed by atoms with van der Waals surface area (Å²) in [6.07, 6.45) is -0.290. The van der Waals surface area contributed by atoms with E-state index in [-0.39, 0.29) is 31.3 Å². The monoisotopic (exact) mass is 203 g/mol. The summed E-state index contributed by atoms with van der Waals surface area (Å²) in [5.74, 6) is -0.0545. The van der Waals surface area contributed by atoms with Gasteiger partial charge in [0.25, 0.3) is 0 Å². The summed E-state index contributed by atoms with van der Waals surface area (Å²) < 4.78 is 10.2. The topological polar surface area (TPSA) is 59.0 Å². The lowest BCUT2D eigenvalue weighted by atomic mass is 10.2. The molecule has 5 nitrogen and oxygen atoms in total. The van der Waals surface area contributed by atoms with Gasteiger partial charge in [0.2, 0.25) is 5.91 Å². The van der Waals surface area contributed by atoms with Crippen molar-refractivity contribution in [1.29, 1.82) is 0 Å². The number of amides is 1. The smallest absolute Gasteiger partial charge is 0.248 e. The molecule has 1 heterocycles. The number of aliphatic hydroxyl groups excluding tert-OH is 1. The second-order valence-corrected chi connectivity index (χ2v) is 3.48. The number of carbonyl (C=O) groups is 1. The van der Waals surface area contributed by atoms with Crippen LogP contribution in [-0.2, 0) is 14.3 Å². The third kappa shape index (κ3) is 2.94. The summed E-state index contributed by atoms with van der Waals surface area (Å²) >= 11 is 0. The van der Waals surface area contributed by atoms with E-state index in [2.05, 4.69) is 0 Å². The molecule has 5 heteroatoms. The number of methoxy groups -OCH3 is 1. The maximum Gasteiger partial charge on any atom is 0.248 e. The molecule has 0 aromatic rings. The Morgan fingerprint density at radius 2 is 2.36 bits per heavy atom. The fourth-order valence-corrected chi connectivity index (χ4v) is 1.56. The van der Waals surface area contributed by atoms with Crippen molar-refractivity contribution in [1.82, 2.24) is 4.90 Å². The molecular formula is C9H17NO4. The Bertz CT molecular complexity index is 197. The van der Waals surface area contributed by atoms with Gasteiger partial charge in [0.05, 0.1) is 18.8 Å². The molecule has 0 spiro atoms. The zero-order chi connectivity index (χ0) is 10.6. The highest BCUT2D eigenvalue weighted by Gasteiger charge is 2.27. The number of carbonyl (C=O) groups excluding carboxylic acids is 1. The van der Waals surface area contributed by atoms with E-state index >= 15 is 0 Å². The van der Waals surface area contributed by atoms with Crippen molar-refractivity contribution in [3.05, 3.63) is 0 Å². The van der Waals surface area contributed by atoms with Crippen LogP contribution >= 0.6 is 0 Å². The fourth-order valence-electron chi connectivity index (χ4n) is 1.56. The molecule has 1 amide bonds. The van der Waals surface area contributed by atoms with E-state index < -0.39 is 0 Å². The van der Waals surface area contributed by atoms with E-state index in [1.54, 1.807) is 4.90 Å². The van der Waals surface area contributed by atoms with E-state index in [1.807, 2.05) is 6.92 Å². The van der Waals surface area contributed by atoms with Gasteiger partial charge in [-0.2, -0.15) is 0 Å². The van der Waals surface area contributed by atoms with Crippen molar-refractivity contribution in [3.8, 4) is 0 Å². The summed E-state index contributed by atoms with van der Waals surface area (Å²) in [6, 6.07) is 0. The molecule has 0 bridgehead atoms. The molecule has 0 saturated carbocycles. The third-order valence-corrected chi connectivity index (χ3v) is 2.15. The molecular weight excluding hydrogens is 186 g/mol. The van der Waals surface area contributed by atoms with Gasteiger partial charge in [-0.05, 0) is 6.92 Å². The first-order chi connectivity index (χ1) is 6.67. The molecule has 0 radical (unpaired) electrons. The Balaban J connectivity index is 2.48. The summed E-state index contributed by atoms with van der Waals surface area (Å²) in [5.41, 5.74) is 0. The van der Waals surface area contributed by atoms with E-state index in [9.17, 15) is 4.79 Å². The van der Waals surface area contributed by atoms with Gasteiger partial charge >= 0.3 is 0 Å². The first-order valence-electron chi connectivity index (χ1n) is 4.70. The van der Waals surface area contributed by atoms with Crippen LogP contribution in [0.5, 0.6) is 0 Å². The van der Waals surface area contributed by atoms with Crippen LogP contribution in [0.2, 0.25) is 0 Å². The Hall–Kier alpha value is -0.650. The number of morpholine rings is 1. The van der Waals surface area contributed by atoms with Gasteiger partial charge in [-0.1, -0.05) is 0 Å². The normalized spacial score (nSPS) is 27.8. The van der Waals surface area contributed by atoms with Crippen molar-refractivity contribution in [2.75, 3.05) is 33.4 Å². The first kappa shape index (κ1) is 11.4. The molecule has 0 aromatic carbocycles. The highest BCUT2D eigenvalue weighted by Crippen LogP contribution is 2.10. The molecule has 1 rings (SSSR count). The lowest BCUT2D eigenvalue weighted by Crippen LogP contribution is -2.51. The SMILES string of the molecule is COCC(=O)N1CC(C)OC(CO)C1. The minimum Gasteiger partial charge on any atom is -0.394 e. The van der Waals surface area contributed by atoms with Crippen molar-refractivity contribution < 1.29 is 19.4 Å². The number of nitrogens with zero attached hydrogens (tertiary/aromatic N) is 1. The fraction of sp³-hybridized carbons (Fsp3) is 0.889. The Morgan fingerprint density at radius 1 is 1.64 bits per heavy atom. The first-order valence-corrected chi connectivity index (χ1v) is 4.70. The zero-order valence-corrected chi connectivity index (χ0v) is 8.60. The van der Waals surface area contributed by atoms with Crippen LogP contribution in [0.3, 0.4) is 0 Å². The van der Waals surface area contributed by atoms with Crippen LogP contribution in [0.15, 0.2) is 0 Å². The lowest BCUT2D eigenvalue weighted by Gasteiger charge is -2.35. The van der Waals surface area contributed by atoms with Gasteiger partial charge < -0.3 is 19.5 Å². The predicted molar refractivity (Wildman–Crippen MR) is 49.9 cm³/mol. The second kappa shape index (κ2) is 5.29. The van der Waals surface area contributed by atoms with E-state index in [0.29, 0.717) is 13.1 Å². The summed E-state index contributed by atoms with van der Waals surface area (Å²) in [5, 5.41) is 8.94. The Morgan fingerprint density at radius 3 is 2.93 bits per heavy atom. The quantitative estimate of drug-likeness (QED) is 0.655. The van der Waals surface area contributed by atoms with Gasteiger partial charge in [0.1, 0.15) is 6.61 Å². The number of ether oxygens (including phenoxy) is 2. The summed E-state index contributed by atoms with van der Waals surface area (Å²) in [7, 11) is 1.49. The molecule has 14 heavy (non-hydrogen) atoms.